The normalized spacial score (nSPS) is 10.4. The summed E-state index contributed by atoms with van der Waals surface area (Å²) in [7, 11) is 0. The number of hydrogen-bond donors (Lipinski definition) is 0. The van der Waals surface area contributed by atoms with Crippen LogP contribution < -0.4 is 0 Å². The van der Waals surface area contributed by atoms with Gasteiger partial charge in [-0.15, -0.1) is 0 Å². The second-order valence-corrected chi connectivity index (χ2v) is 4.06. The van der Waals surface area contributed by atoms with Gasteiger partial charge in [-0.2, -0.15) is 0 Å². The van der Waals surface area contributed by atoms with Crippen molar-refractivity contribution in [3.8, 4) is 0 Å². The van der Waals surface area contributed by atoms with Crippen molar-refractivity contribution in [3.05, 3.63) is 42.0 Å². The third kappa shape index (κ3) is 2.14. The van der Waals surface area contributed by atoms with Crippen LogP contribution in [0.2, 0.25) is 0 Å². The number of rotatable bonds is 3. The molecule has 0 aliphatic rings. The minimum absolute atomic E-state index is 0.0747. The lowest BCUT2D eigenvalue weighted by Crippen LogP contribution is -1.99. The summed E-state index contributed by atoms with van der Waals surface area (Å²) in [4.78, 5) is 15.7. The fourth-order valence-electron chi connectivity index (χ4n) is 1.29. The average molecular weight is 237 g/mol. The van der Waals surface area contributed by atoms with Crippen molar-refractivity contribution in [2.45, 2.75) is 17.0 Å². The lowest BCUT2D eigenvalue weighted by Gasteiger charge is -2.04. The summed E-state index contributed by atoms with van der Waals surface area (Å²) in [6.45, 7) is 1.33. The molecule has 5 heteroatoms. The summed E-state index contributed by atoms with van der Waals surface area (Å²) in [6, 6.07) is 4.47. The zero-order valence-corrected chi connectivity index (χ0v) is 9.25. The minimum atomic E-state index is -0.524. The van der Waals surface area contributed by atoms with Gasteiger partial charge < -0.3 is 4.42 Å². The van der Waals surface area contributed by atoms with Crippen molar-refractivity contribution in [1.82, 2.24) is 4.98 Å². The highest BCUT2D eigenvalue weighted by Crippen LogP contribution is 2.30. The van der Waals surface area contributed by atoms with Gasteiger partial charge in [0.2, 0.25) is 0 Å². The third-order valence-corrected chi connectivity index (χ3v) is 2.87. The Hall–Kier alpha value is -1.62. The van der Waals surface area contributed by atoms with Crippen LogP contribution in [0, 0.1) is 5.82 Å². The molecule has 0 N–H and O–H groups in total. The fraction of sp³-hybridized carbons (Fsp3) is 0.0909. The molecule has 1 heterocycles. The number of oxazole rings is 1. The lowest BCUT2D eigenvalue weighted by molar-refractivity contribution is 0.101. The molecule has 0 amide bonds. The second kappa shape index (κ2) is 4.49. The van der Waals surface area contributed by atoms with E-state index in [2.05, 4.69) is 4.98 Å². The van der Waals surface area contributed by atoms with Gasteiger partial charge >= 0.3 is 0 Å². The van der Waals surface area contributed by atoms with Crippen LogP contribution in [-0.4, -0.2) is 10.8 Å². The van der Waals surface area contributed by atoms with Crippen LogP contribution in [0.4, 0.5) is 4.39 Å². The molecular weight excluding hydrogens is 229 g/mol. The van der Waals surface area contributed by atoms with Gasteiger partial charge in [-0.1, -0.05) is 6.07 Å². The van der Waals surface area contributed by atoms with Gasteiger partial charge in [0, 0.05) is 4.90 Å². The van der Waals surface area contributed by atoms with Crippen LogP contribution in [0.15, 0.2) is 45.2 Å². The van der Waals surface area contributed by atoms with E-state index in [-0.39, 0.29) is 11.3 Å². The first-order valence-electron chi connectivity index (χ1n) is 4.55. The van der Waals surface area contributed by atoms with E-state index >= 15 is 0 Å². The maximum absolute atomic E-state index is 13.4. The smallest absolute Gasteiger partial charge is 0.260 e. The Morgan fingerprint density at radius 1 is 1.50 bits per heavy atom. The summed E-state index contributed by atoms with van der Waals surface area (Å²) < 4.78 is 18.5. The van der Waals surface area contributed by atoms with Gasteiger partial charge in [0.25, 0.3) is 5.22 Å². The van der Waals surface area contributed by atoms with Gasteiger partial charge in [0.1, 0.15) is 12.1 Å². The Balaban J connectivity index is 2.40. The molecule has 0 saturated carbocycles. The monoisotopic (exact) mass is 237 g/mol. The highest BCUT2D eigenvalue weighted by Gasteiger charge is 2.15. The number of ketones is 1. The zero-order chi connectivity index (χ0) is 11.5. The van der Waals surface area contributed by atoms with Gasteiger partial charge in [-0.3, -0.25) is 4.79 Å². The van der Waals surface area contributed by atoms with Crippen molar-refractivity contribution in [1.29, 1.82) is 0 Å². The molecule has 16 heavy (non-hydrogen) atoms. The highest BCUT2D eigenvalue weighted by molar-refractivity contribution is 7.99. The molecule has 1 aromatic heterocycles. The van der Waals surface area contributed by atoms with Crippen molar-refractivity contribution < 1.29 is 13.6 Å². The number of aromatic nitrogens is 1. The molecule has 0 bridgehead atoms. The van der Waals surface area contributed by atoms with E-state index in [1.807, 2.05) is 0 Å². The second-order valence-electron chi connectivity index (χ2n) is 3.07. The molecule has 2 aromatic rings. The van der Waals surface area contributed by atoms with E-state index in [0.29, 0.717) is 10.1 Å². The number of carbonyl (C=O) groups excluding carboxylic acids is 1. The Labute approximate surface area is 95.7 Å². The summed E-state index contributed by atoms with van der Waals surface area (Å²) >= 11 is 1.12. The maximum Gasteiger partial charge on any atom is 0.260 e. The number of halogens is 1. The predicted octanol–water partition coefficient (Wildman–Crippen LogP) is 3.17. The van der Waals surface area contributed by atoms with Crippen LogP contribution in [0.3, 0.4) is 0 Å². The van der Waals surface area contributed by atoms with E-state index in [1.54, 1.807) is 12.1 Å². The predicted molar refractivity (Wildman–Crippen MR) is 57.0 cm³/mol. The maximum atomic E-state index is 13.4. The van der Waals surface area contributed by atoms with E-state index in [0.717, 1.165) is 11.8 Å². The van der Waals surface area contributed by atoms with Crippen molar-refractivity contribution in [3.63, 3.8) is 0 Å². The number of nitrogens with zero attached hydrogens (tertiary/aromatic N) is 1. The molecule has 0 radical (unpaired) electrons. The summed E-state index contributed by atoms with van der Waals surface area (Å²) in [5.41, 5.74) is 0.0747. The summed E-state index contributed by atoms with van der Waals surface area (Å²) in [6.07, 6.45) is 2.92. The Morgan fingerprint density at radius 2 is 2.31 bits per heavy atom. The molecule has 0 aliphatic carbocycles. The molecule has 3 nitrogen and oxygen atoms in total. The average Bonchev–Trinajstić information content (AvgIpc) is 2.70. The summed E-state index contributed by atoms with van der Waals surface area (Å²) in [5, 5.41) is 0.383. The van der Waals surface area contributed by atoms with Gasteiger partial charge in [-0.05, 0) is 30.8 Å². The number of hydrogen-bond acceptors (Lipinski definition) is 4. The van der Waals surface area contributed by atoms with Crippen LogP contribution in [-0.2, 0) is 0 Å². The van der Waals surface area contributed by atoms with Crippen LogP contribution >= 0.6 is 11.8 Å². The van der Waals surface area contributed by atoms with E-state index in [4.69, 9.17) is 4.42 Å². The standard InChI is InChI=1S/C11H8FNO2S/c1-7(14)10-8(12)3-2-4-9(10)16-11-13-5-6-15-11/h2-6H,1H3. The molecule has 82 valence electrons. The number of carbonyl (C=O) groups is 1. The van der Waals surface area contributed by atoms with Crippen LogP contribution in [0.5, 0.6) is 0 Å². The van der Waals surface area contributed by atoms with Crippen molar-refractivity contribution in [2.24, 2.45) is 0 Å². The van der Waals surface area contributed by atoms with E-state index in [9.17, 15) is 9.18 Å². The first kappa shape index (κ1) is 10.9. The summed E-state index contributed by atoms with van der Waals surface area (Å²) in [5.74, 6) is -0.837. The van der Waals surface area contributed by atoms with Gasteiger partial charge in [-0.25, -0.2) is 9.37 Å². The first-order valence-corrected chi connectivity index (χ1v) is 5.37. The van der Waals surface area contributed by atoms with Crippen molar-refractivity contribution >= 4 is 17.5 Å². The molecular formula is C11H8FNO2S. The quantitative estimate of drug-likeness (QED) is 0.769. The number of benzene rings is 1. The third-order valence-electron chi connectivity index (χ3n) is 1.93. The van der Waals surface area contributed by atoms with Crippen molar-refractivity contribution in [2.75, 3.05) is 0 Å². The molecule has 0 unspecified atom stereocenters. The Morgan fingerprint density at radius 3 is 2.94 bits per heavy atom. The minimum Gasteiger partial charge on any atom is -0.440 e. The largest absolute Gasteiger partial charge is 0.440 e. The molecule has 0 spiro atoms. The molecule has 0 atom stereocenters. The van der Waals surface area contributed by atoms with E-state index < -0.39 is 5.82 Å². The molecule has 0 aliphatic heterocycles. The van der Waals surface area contributed by atoms with Gasteiger partial charge in [0.05, 0.1) is 11.8 Å². The SMILES string of the molecule is CC(=O)c1c(F)cccc1Sc1ncco1. The topological polar surface area (TPSA) is 43.1 Å². The van der Waals surface area contributed by atoms with Gasteiger partial charge in [0.15, 0.2) is 5.78 Å². The highest BCUT2D eigenvalue weighted by atomic mass is 32.2. The van der Waals surface area contributed by atoms with Crippen LogP contribution in [0.1, 0.15) is 17.3 Å². The number of Topliss-reactive ketones (excluding diaryl/α,β-unsaturated/α-hetero) is 1. The zero-order valence-electron chi connectivity index (χ0n) is 8.44. The van der Waals surface area contributed by atoms with E-state index in [1.165, 1.54) is 25.5 Å². The lowest BCUT2D eigenvalue weighted by atomic mass is 10.1. The fourth-order valence-corrected chi connectivity index (χ4v) is 2.18. The Kier molecular flexibility index (Phi) is 3.05. The van der Waals surface area contributed by atoms with Crippen LogP contribution in [0.25, 0.3) is 0 Å². The molecule has 2 rings (SSSR count). The molecule has 0 saturated heterocycles. The molecule has 0 fully saturated rings. The molecule has 1 aromatic carbocycles. The first-order chi connectivity index (χ1) is 7.68. The Bertz CT molecular complexity index is 511.